The predicted molar refractivity (Wildman–Crippen MR) is 55.9 cm³/mol. The Morgan fingerprint density at radius 3 is 1.00 bits per heavy atom. The van der Waals surface area contributed by atoms with E-state index in [1.54, 1.807) is 0 Å². The van der Waals surface area contributed by atoms with Gasteiger partial charge in [0.1, 0.15) is 0 Å². The Morgan fingerprint density at radius 2 is 0.857 bits per heavy atom. The largest absolute Gasteiger partial charge is 0.147 e. The van der Waals surface area contributed by atoms with E-state index < -0.39 is 23.1 Å². The van der Waals surface area contributed by atoms with Crippen molar-refractivity contribution in [2.75, 3.05) is 0 Å². The maximum absolute atomic E-state index is 5.62. The molecule has 0 aliphatic carbocycles. The fourth-order valence-corrected chi connectivity index (χ4v) is 3.91. The van der Waals surface area contributed by atoms with Crippen LogP contribution in [0.4, 0.5) is 0 Å². The summed E-state index contributed by atoms with van der Waals surface area (Å²) < 4.78 is 16.9. The van der Waals surface area contributed by atoms with Crippen LogP contribution in [0.3, 0.4) is 0 Å². The Bertz CT molecular complexity index is 107. The van der Waals surface area contributed by atoms with Gasteiger partial charge in [0.05, 0.1) is 0 Å². The summed E-state index contributed by atoms with van der Waals surface area (Å²) in [5.74, 6) is 0. The second-order valence-corrected chi connectivity index (χ2v) is 6.72. The first-order valence-electron chi connectivity index (χ1n) is 4.78. The minimum absolute atomic E-state index is 0. The van der Waals surface area contributed by atoms with Gasteiger partial charge in [-0.1, -0.05) is 0 Å². The molecule has 0 N–H and O–H groups in total. The molecule has 0 aromatic rings. The molecule has 0 saturated heterocycles. The second kappa shape index (κ2) is 9.29. The maximum atomic E-state index is 5.62. The summed E-state index contributed by atoms with van der Waals surface area (Å²) in [5, 5.41) is 0. The first-order chi connectivity index (χ1) is 5.91. The van der Waals surface area contributed by atoms with Gasteiger partial charge in [-0.2, -0.15) is 0 Å². The minimum Gasteiger partial charge on any atom is -0.147 e. The van der Waals surface area contributed by atoms with Crippen LogP contribution in [-0.2, 0) is 31.5 Å². The van der Waals surface area contributed by atoms with Gasteiger partial charge in [-0.05, 0) is 0 Å². The zero-order valence-electron chi connectivity index (χ0n) is 9.87. The Labute approximate surface area is 103 Å². The fourth-order valence-electron chi connectivity index (χ4n) is 0.661. The molecule has 0 bridgehead atoms. The molecule has 14 heavy (non-hydrogen) atoms. The molecule has 0 rings (SSSR count). The molecule has 0 heterocycles. The van der Waals surface area contributed by atoms with Crippen molar-refractivity contribution in [3.63, 3.8) is 0 Å². The van der Waals surface area contributed by atoms with Gasteiger partial charge < -0.3 is 0 Å². The average Bonchev–Trinajstić information content (AvgIpc) is 1.80. The zero-order valence-corrected chi connectivity index (χ0v) is 13.1. The smallest absolute Gasteiger partial charge is 0.147 e. The minimum atomic E-state index is -2.48. The van der Waals surface area contributed by atoms with Gasteiger partial charge in [-0.15, -0.1) is 12.4 Å². The SMILES string of the molecule is CC(C)[O][Zr]([O]C(C)C)[O]C(C)C.Cl. The van der Waals surface area contributed by atoms with Crippen molar-refractivity contribution in [1.29, 1.82) is 0 Å². The van der Waals surface area contributed by atoms with Gasteiger partial charge in [-0.3, -0.25) is 0 Å². The molecule has 0 spiro atoms. The van der Waals surface area contributed by atoms with Crippen molar-refractivity contribution in [2.45, 2.75) is 59.9 Å². The number of halogens is 1. The third-order valence-electron chi connectivity index (χ3n) is 0.996. The summed E-state index contributed by atoms with van der Waals surface area (Å²) in [6.45, 7) is 12.0. The van der Waals surface area contributed by atoms with Crippen LogP contribution in [0, 0.1) is 0 Å². The van der Waals surface area contributed by atoms with E-state index in [9.17, 15) is 0 Å². The van der Waals surface area contributed by atoms with E-state index in [1.165, 1.54) is 0 Å². The summed E-state index contributed by atoms with van der Waals surface area (Å²) in [4.78, 5) is 0. The van der Waals surface area contributed by atoms with Crippen molar-refractivity contribution in [3.8, 4) is 0 Å². The van der Waals surface area contributed by atoms with Crippen molar-refractivity contribution < 1.29 is 31.5 Å². The monoisotopic (exact) mass is 303 g/mol. The molecule has 87 valence electrons. The topological polar surface area (TPSA) is 27.7 Å². The molecule has 0 aromatic heterocycles. The normalized spacial score (nSPS) is 10.9. The van der Waals surface area contributed by atoms with Crippen LogP contribution in [0.1, 0.15) is 41.5 Å². The summed E-state index contributed by atoms with van der Waals surface area (Å²) in [7, 11) is 0. The van der Waals surface area contributed by atoms with E-state index >= 15 is 0 Å². The number of rotatable bonds is 6. The van der Waals surface area contributed by atoms with Crippen LogP contribution in [0.2, 0.25) is 0 Å². The van der Waals surface area contributed by atoms with E-state index in [-0.39, 0.29) is 30.7 Å². The molecule has 0 aromatic carbocycles. The van der Waals surface area contributed by atoms with Crippen LogP contribution in [0.25, 0.3) is 0 Å². The molecule has 0 aliphatic rings. The quantitative estimate of drug-likeness (QED) is 0.755. The summed E-state index contributed by atoms with van der Waals surface area (Å²) in [5.41, 5.74) is 0. The van der Waals surface area contributed by atoms with Crippen LogP contribution < -0.4 is 0 Å². The molecule has 0 unspecified atom stereocenters. The zero-order chi connectivity index (χ0) is 10.4. The average molecular weight is 305 g/mol. The van der Waals surface area contributed by atoms with E-state index in [4.69, 9.17) is 8.44 Å². The van der Waals surface area contributed by atoms with Crippen LogP contribution in [0.5, 0.6) is 0 Å². The van der Waals surface area contributed by atoms with Gasteiger partial charge >= 0.3 is 91.4 Å². The Balaban J connectivity index is 0. The molecule has 0 saturated carbocycles. The number of hydrogen-bond acceptors (Lipinski definition) is 3. The molecule has 0 amide bonds. The van der Waals surface area contributed by atoms with Crippen molar-refractivity contribution in [2.24, 2.45) is 0 Å². The van der Waals surface area contributed by atoms with Gasteiger partial charge in [0, 0.05) is 0 Å². The van der Waals surface area contributed by atoms with Gasteiger partial charge in [0.2, 0.25) is 0 Å². The molecule has 0 radical (unpaired) electrons. The molecular weight excluding hydrogens is 283 g/mol. The summed E-state index contributed by atoms with van der Waals surface area (Å²) in [6, 6.07) is 0. The maximum Gasteiger partial charge on any atom is -0.147 e. The molecular formula is C9H22ClO3Zr. The van der Waals surface area contributed by atoms with Crippen LogP contribution >= 0.6 is 12.4 Å². The van der Waals surface area contributed by atoms with Gasteiger partial charge in [0.25, 0.3) is 0 Å². The van der Waals surface area contributed by atoms with Gasteiger partial charge in [0.15, 0.2) is 0 Å². The standard InChI is InChI=1S/3C3H7O.ClH.Zr/c3*1-3(2)4;;/h3*3H,1-2H3;1H;/q3*-1;;+3. The van der Waals surface area contributed by atoms with E-state index in [0.717, 1.165) is 0 Å². The first-order valence-corrected chi connectivity index (χ1v) is 7.79. The van der Waals surface area contributed by atoms with Crippen molar-refractivity contribution in [3.05, 3.63) is 0 Å². The predicted octanol–water partition coefficient (Wildman–Crippen LogP) is 3.05. The number of hydrogen-bond donors (Lipinski definition) is 0. The summed E-state index contributed by atoms with van der Waals surface area (Å²) >= 11 is -2.48. The third kappa shape index (κ3) is 11.1. The van der Waals surface area contributed by atoms with Crippen molar-refractivity contribution in [1.82, 2.24) is 0 Å². The van der Waals surface area contributed by atoms with E-state index in [0.29, 0.717) is 0 Å². The first kappa shape index (κ1) is 17.4. The molecule has 0 atom stereocenters. The van der Waals surface area contributed by atoms with Crippen molar-refractivity contribution >= 4 is 12.4 Å². The fraction of sp³-hybridized carbons (Fsp3) is 1.00. The Hall–Kier alpha value is 1.05. The summed E-state index contributed by atoms with van der Waals surface area (Å²) in [6.07, 6.45) is 0.602. The van der Waals surface area contributed by atoms with Gasteiger partial charge in [-0.25, -0.2) is 0 Å². The Morgan fingerprint density at radius 1 is 0.643 bits per heavy atom. The second-order valence-electron chi connectivity index (χ2n) is 3.75. The van der Waals surface area contributed by atoms with Crippen LogP contribution in [0.15, 0.2) is 0 Å². The molecule has 3 nitrogen and oxygen atoms in total. The molecule has 5 heteroatoms. The third-order valence-corrected chi connectivity index (χ3v) is 5.89. The molecule has 0 fully saturated rings. The molecule has 0 aliphatic heterocycles. The van der Waals surface area contributed by atoms with E-state index in [2.05, 4.69) is 0 Å². The Kier molecular flexibility index (Phi) is 11.6. The van der Waals surface area contributed by atoms with E-state index in [1.807, 2.05) is 41.5 Å². The van der Waals surface area contributed by atoms with Crippen LogP contribution in [-0.4, -0.2) is 18.3 Å².